The Labute approximate surface area is 248 Å². The van der Waals surface area contributed by atoms with E-state index in [1.165, 1.54) is 21.2 Å². The van der Waals surface area contributed by atoms with Crippen molar-refractivity contribution < 1.29 is 44.4 Å². The van der Waals surface area contributed by atoms with Crippen LogP contribution in [0.25, 0.3) is 0 Å². The van der Waals surface area contributed by atoms with Gasteiger partial charge in [-0.15, -0.1) is 0 Å². The van der Waals surface area contributed by atoms with Crippen LogP contribution in [-0.2, 0) is 26.0 Å². The zero-order chi connectivity index (χ0) is 28.4. The summed E-state index contributed by atoms with van der Waals surface area (Å²) >= 11 is 0. The normalized spacial score (nSPS) is 10.3. The van der Waals surface area contributed by atoms with E-state index in [2.05, 4.69) is 140 Å². The fourth-order valence-corrected chi connectivity index (χ4v) is 5.98. The quantitative estimate of drug-likeness (QED) is 0.0989. The predicted octanol–water partition coefficient (Wildman–Crippen LogP) is 8.11. The van der Waals surface area contributed by atoms with Crippen molar-refractivity contribution in [2.45, 2.75) is 26.4 Å². The van der Waals surface area contributed by atoms with E-state index >= 15 is 0 Å². The topological polar surface area (TPSA) is 29.5 Å². The van der Waals surface area contributed by atoms with Crippen LogP contribution in [0.1, 0.15) is 20.8 Å². The van der Waals surface area contributed by atoms with Crippen LogP contribution in [0.3, 0.4) is 0 Å². The Morgan fingerprint density at radius 3 is 0.821 bits per heavy atom. The number of hydrogen-bond donors (Lipinski definition) is 1. The second-order valence-corrected chi connectivity index (χ2v) is 13.2. The molecule has 0 atom stereocenters. The van der Waals surface area contributed by atoms with Crippen LogP contribution in [0.2, 0.25) is 0 Å². The second-order valence-electron chi connectivity index (χ2n) is 8.88. The Morgan fingerprint density at radius 2 is 0.692 bits per heavy atom. The molecule has 0 amide bonds. The molecular formula is C31H36F3O2P2Pt-. The maximum absolute atomic E-state index is 9.58. The van der Waals surface area contributed by atoms with Crippen LogP contribution in [0.15, 0.2) is 121 Å². The number of halogens is 3. The Morgan fingerprint density at radius 1 is 0.538 bits per heavy atom. The van der Waals surface area contributed by atoms with Crippen molar-refractivity contribution in [1.82, 2.24) is 0 Å². The zero-order valence-corrected chi connectivity index (χ0v) is 26.8. The molecule has 0 heterocycles. The molecule has 4 rings (SSSR count). The van der Waals surface area contributed by atoms with Crippen LogP contribution in [0.4, 0.5) is 13.2 Å². The van der Waals surface area contributed by atoms with E-state index in [0.717, 1.165) is 0 Å². The summed E-state index contributed by atoms with van der Waals surface area (Å²) in [6, 6.07) is 42.8. The molecule has 0 aliphatic carbocycles. The molecule has 214 valence electrons. The van der Waals surface area contributed by atoms with E-state index < -0.39 is 12.3 Å². The van der Waals surface area contributed by atoms with Crippen LogP contribution >= 0.6 is 15.8 Å². The SMILES string of the molecule is CC(C)(C)OO.CP(c1ccccc1)c1ccccc1.CP(c1ccccc1)c1ccccc1.F[C-](F)F.[Pt]. The standard InChI is InChI=1S/2C13H13P.C4H10O2.CF3.Pt/c2*1-14(12-8-4-2-5-9-12)13-10-6-3-7-11-13;1-4(2,3)6-5;2-1(3)4;/h2*2-11H,1H3;5H,1-3H3;;/q;;;-1;. The van der Waals surface area contributed by atoms with Gasteiger partial charge < -0.3 is 13.2 Å². The van der Waals surface area contributed by atoms with Crippen molar-refractivity contribution in [2.75, 3.05) is 13.3 Å². The van der Waals surface area contributed by atoms with Crippen LogP contribution in [0, 0.1) is 6.68 Å². The van der Waals surface area contributed by atoms with E-state index in [1.54, 1.807) is 20.8 Å². The zero-order valence-electron chi connectivity index (χ0n) is 22.7. The van der Waals surface area contributed by atoms with Gasteiger partial charge >= 0.3 is 0 Å². The molecular weight excluding hydrogens is 718 g/mol. The number of benzene rings is 4. The molecule has 0 radical (unpaired) electrons. The Kier molecular flexibility index (Phi) is 20.0. The van der Waals surface area contributed by atoms with Gasteiger partial charge in [0.1, 0.15) is 0 Å². The van der Waals surface area contributed by atoms with Crippen LogP contribution in [0.5, 0.6) is 0 Å². The molecule has 0 aliphatic rings. The van der Waals surface area contributed by atoms with Crippen molar-refractivity contribution in [2.24, 2.45) is 0 Å². The van der Waals surface area contributed by atoms with E-state index in [1.807, 2.05) is 0 Å². The Hall–Kier alpha value is -1.86. The van der Waals surface area contributed by atoms with E-state index in [-0.39, 0.29) is 36.9 Å². The van der Waals surface area contributed by atoms with Gasteiger partial charge in [0.2, 0.25) is 0 Å². The second kappa shape index (κ2) is 21.0. The van der Waals surface area contributed by atoms with Gasteiger partial charge in [-0.3, -0.25) is 5.26 Å². The van der Waals surface area contributed by atoms with E-state index in [4.69, 9.17) is 5.26 Å². The van der Waals surface area contributed by atoms with Crippen molar-refractivity contribution in [3.8, 4) is 0 Å². The third-order valence-electron chi connectivity index (χ3n) is 4.85. The van der Waals surface area contributed by atoms with Crippen molar-refractivity contribution in [3.05, 3.63) is 128 Å². The number of hydrogen-bond acceptors (Lipinski definition) is 2. The summed E-state index contributed by atoms with van der Waals surface area (Å²) < 4.78 is 28.8. The largest absolute Gasteiger partial charge is 0.385 e. The van der Waals surface area contributed by atoms with Gasteiger partial charge in [0.15, 0.2) is 6.68 Å². The molecule has 39 heavy (non-hydrogen) atoms. The Bertz CT molecular complexity index is 939. The van der Waals surface area contributed by atoms with Gasteiger partial charge in [0.25, 0.3) is 0 Å². The molecule has 0 saturated heterocycles. The smallest absolute Gasteiger partial charge is 0.154 e. The first-order valence-corrected chi connectivity index (χ1v) is 15.5. The molecule has 0 fully saturated rings. The van der Waals surface area contributed by atoms with E-state index in [9.17, 15) is 13.2 Å². The summed E-state index contributed by atoms with van der Waals surface area (Å²) in [4.78, 5) is 3.94. The van der Waals surface area contributed by atoms with Crippen molar-refractivity contribution in [3.63, 3.8) is 0 Å². The van der Waals surface area contributed by atoms with E-state index in [0.29, 0.717) is 0 Å². The maximum Gasteiger partial charge on any atom is 0.154 e. The molecule has 4 aromatic rings. The fraction of sp³-hybridized carbons (Fsp3) is 0.194. The first kappa shape index (κ1) is 37.1. The van der Waals surface area contributed by atoms with Gasteiger partial charge in [-0.25, -0.2) is 4.89 Å². The molecule has 0 saturated carbocycles. The van der Waals surface area contributed by atoms with Crippen molar-refractivity contribution in [1.29, 1.82) is 0 Å². The third-order valence-corrected chi connectivity index (χ3v) is 9.14. The average molecular weight is 755 g/mol. The predicted molar refractivity (Wildman–Crippen MR) is 160 cm³/mol. The monoisotopic (exact) mass is 754 g/mol. The van der Waals surface area contributed by atoms with Gasteiger partial charge in [-0.2, -0.15) is 0 Å². The van der Waals surface area contributed by atoms with Crippen LogP contribution < -0.4 is 21.2 Å². The van der Waals surface area contributed by atoms with Crippen molar-refractivity contribution >= 4 is 37.1 Å². The molecule has 1 N–H and O–H groups in total. The first-order valence-electron chi connectivity index (χ1n) is 11.9. The summed E-state index contributed by atoms with van der Waals surface area (Å²) in [6.07, 6.45) is 0. The molecule has 0 unspecified atom stereocenters. The summed E-state index contributed by atoms with van der Waals surface area (Å²) in [7, 11) is -0.342. The summed E-state index contributed by atoms with van der Waals surface area (Å²) in [5.41, 5.74) is -0.403. The maximum atomic E-state index is 9.58. The molecule has 0 bridgehead atoms. The van der Waals surface area contributed by atoms with Crippen LogP contribution in [-0.4, -0.2) is 24.2 Å². The molecule has 0 aliphatic heterocycles. The van der Waals surface area contributed by atoms with Gasteiger partial charge in [0, 0.05) is 21.1 Å². The average Bonchev–Trinajstić information content (AvgIpc) is 2.94. The summed E-state index contributed by atoms with van der Waals surface area (Å²) in [5.74, 6) is 0. The molecule has 4 aromatic carbocycles. The van der Waals surface area contributed by atoms with Gasteiger partial charge in [-0.05, 0) is 71.2 Å². The van der Waals surface area contributed by atoms with Gasteiger partial charge in [-0.1, -0.05) is 121 Å². The minimum absolute atomic E-state index is 0. The molecule has 0 spiro atoms. The number of rotatable bonds is 4. The Balaban J connectivity index is 0.000000546. The fourth-order valence-electron chi connectivity index (χ4n) is 2.90. The van der Waals surface area contributed by atoms with Gasteiger partial charge in [0.05, 0.1) is 5.60 Å². The molecule has 0 aromatic heterocycles. The molecule has 2 nitrogen and oxygen atoms in total. The third kappa shape index (κ3) is 17.4. The summed E-state index contributed by atoms with van der Waals surface area (Å²) in [5, 5.41) is 13.7. The summed E-state index contributed by atoms with van der Waals surface area (Å²) in [6.45, 7) is 6.84. The minimum atomic E-state index is -3.08. The minimum Gasteiger partial charge on any atom is -0.385 e. The molecule has 8 heteroatoms. The first-order chi connectivity index (χ1) is 18.0.